The summed E-state index contributed by atoms with van der Waals surface area (Å²) in [6.07, 6.45) is -0.413. The lowest BCUT2D eigenvalue weighted by Crippen LogP contribution is -2.51. The van der Waals surface area contributed by atoms with E-state index in [1.54, 1.807) is 62.4 Å². The monoisotopic (exact) mass is 567 g/mol. The fourth-order valence-corrected chi connectivity index (χ4v) is 7.27. The molecule has 3 aromatic carbocycles. The number of para-hydroxylation sites is 1. The Morgan fingerprint density at radius 1 is 1.00 bits per heavy atom. The second-order valence-corrected chi connectivity index (χ2v) is 11.5. The number of benzene rings is 3. The van der Waals surface area contributed by atoms with Gasteiger partial charge in [0.25, 0.3) is 15.9 Å². The van der Waals surface area contributed by atoms with Gasteiger partial charge in [-0.15, -0.1) is 0 Å². The Morgan fingerprint density at radius 2 is 1.63 bits per heavy atom. The van der Waals surface area contributed by atoms with Crippen molar-refractivity contribution in [3.05, 3.63) is 95.1 Å². The Balaban J connectivity index is 1.81. The van der Waals surface area contributed by atoms with Crippen LogP contribution >= 0.6 is 0 Å². The van der Waals surface area contributed by atoms with Crippen LogP contribution in [0.3, 0.4) is 0 Å². The van der Waals surface area contributed by atoms with Crippen LogP contribution in [-0.2, 0) is 29.8 Å². The van der Waals surface area contributed by atoms with Gasteiger partial charge >= 0.3 is 5.97 Å². The largest absolute Gasteiger partial charge is 0.497 e. The lowest BCUT2D eigenvalue weighted by molar-refractivity contribution is -0.138. The van der Waals surface area contributed by atoms with E-state index in [0.29, 0.717) is 15.6 Å². The number of esters is 1. The smallest absolute Gasteiger partial charge is 0.334 e. The Labute approximate surface area is 237 Å². The molecule has 1 spiro atoms. The molecule has 0 radical (unpaired) electrons. The SMILES string of the molecule is CCOC(=O)C1=C(c2ccc(OC)cc2)C(C#N)(C#N)C2(C1)C(=O)N(S(=O)(=O)c1ccc(C)cc1)c1ccccc12. The predicted octanol–water partition coefficient (Wildman–Crippen LogP) is 4.43. The first-order valence-electron chi connectivity index (χ1n) is 12.8. The van der Waals surface area contributed by atoms with E-state index >= 15 is 0 Å². The summed E-state index contributed by atoms with van der Waals surface area (Å²) >= 11 is 0. The molecule has 41 heavy (non-hydrogen) atoms. The molecule has 10 heteroatoms. The normalized spacial score (nSPS) is 19.0. The number of nitrogens with zero attached hydrogens (tertiary/aromatic N) is 3. The summed E-state index contributed by atoms with van der Waals surface area (Å²) < 4.78 is 39.2. The van der Waals surface area contributed by atoms with Crippen LogP contribution in [0, 0.1) is 35.0 Å². The number of methoxy groups -OCH3 is 1. The zero-order valence-electron chi connectivity index (χ0n) is 22.5. The maximum absolute atomic E-state index is 14.7. The third kappa shape index (κ3) is 3.75. The number of hydrogen-bond donors (Lipinski definition) is 0. The molecule has 9 nitrogen and oxygen atoms in total. The summed E-state index contributed by atoms with van der Waals surface area (Å²) in [4.78, 5) is 27.9. The zero-order chi connectivity index (χ0) is 29.6. The van der Waals surface area contributed by atoms with Crippen LogP contribution in [0.5, 0.6) is 5.75 Å². The minimum absolute atomic E-state index is 0.00124. The van der Waals surface area contributed by atoms with Gasteiger partial charge in [0.15, 0.2) is 5.41 Å². The average Bonchev–Trinajstić information content (AvgIpc) is 3.43. The second kappa shape index (κ2) is 9.92. The summed E-state index contributed by atoms with van der Waals surface area (Å²) in [7, 11) is -2.99. The van der Waals surface area contributed by atoms with Crippen LogP contribution in [0.2, 0.25) is 0 Å². The van der Waals surface area contributed by atoms with Crippen molar-refractivity contribution in [2.45, 2.75) is 30.6 Å². The minimum Gasteiger partial charge on any atom is -0.497 e. The van der Waals surface area contributed by atoms with Gasteiger partial charge in [0.1, 0.15) is 11.2 Å². The molecule has 1 heterocycles. The molecule has 0 bridgehead atoms. The van der Waals surface area contributed by atoms with E-state index in [4.69, 9.17) is 9.47 Å². The summed E-state index contributed by atoms with van der Waals surface area (Å²) in [5, 5.41) is 21.6. The molecule has 0 fully saturated rings. The van der Waals surface area contributed by atoms with E-state index in [9.17, 15) is 28.5 Å². The van der Waals surface area contributed by atoms with Gasteiger partial charge in [-0.3, -0.25) is 4.79 Å². The van der Waals surface area contributed by atoms with Crippen LogP contribution < -0.4 is 9.04 Å². The van der Waals surface area contributed by atoms with Gasteiger partial charge in [-0.2, -0.15) is 10.5 Å². The molecule has 1 aliphatic heterocycles. The highest BCUT2D eigenvalue weighted by molar-refractivity contribution is 7.93. The molecular weight excluding hydrogens is 542 g/mol. The minimum atomic E-state index is -4.47. The van der Waals surface area contributed by atoms with E-state index in [1.807, 2.05) is 0 Å². The van der Waals surface area contributed by atoms with Crippen LogP contribution in [0.15, 0.2) is 83.3 Å². The van der Waals surface area contributed by atoms with Gasteiger partial charge in [-0.25, -0.2) is 17.5 Å². The molecule has 0 N–H and O–H groups in total. The first kappa shape index (κ1) is 27.6. The van der Waals surface area contributed by atoms with Gasteiger partial charge in [-0.1, -0.05) is 48.0 Å². The number of fused-ring (bicyclic) bond motifs is 2. The lowest BCUT2D eigenvalue weighted by Gasteiger charge is -2.34. The number of amides is 1. The van der Waals surface area contributed by atoms with Crippen molar-refractivity contribution in [1.29, 1.82) is 10.5 Å². The summed E-state index contributed by atoms with van der Waals surface area (Å²) in [5.41, 5.74) is -3.04. The van der Waals surface area contributed by atoms with E-state index in [-0.39, 0.29) is 33.9 Å². The molecule has 5 rings (SSSR count). The van der Waals surface area contributed by atoms with Crippen molar-refractivity contribution < 1.29 is 27.5 Å². The van der Waals surface area contributed by atoms with Crippen molar-refractivity contribution in [3.8, 4) is 17.9 Å². The van der Waals surface area contributed by atoms with E-state index in [0.717, 1.165) is 5.56 Å². The number of ether oxygens (including phenoxy) is 2. The topological polar surface area (TPSA) is 138 Å². The zero-order valence-corrected chi connectivity index (χ0v) is 23.4. The van der Waals surface area contributed by atoms with Crippen molar-refractivity contribution in [3.63, 3.8) is 0 Å². The molecule has 2 aliphatic rings. The second-order valence-electron chi connectivity index (χ2n) is 9.76. The Kier molecular flexibility index (Phi) is 6.68. The number of sulfonamides is 1. The van der Waals surface area contributed by atoms with Crippen LogP contribution in [0.25, 0.3) is 5.57 Å². The number of rotatable bonds is 6. The van der Waals surface area contributed by atoms with Gasteiger partial charge in [0, 0.05) is 17.6 Å². The molecule has 3 aromatic rings. The van der Waals surface area contributed by atoms with Crippen LogP contribution in [0.4, 0.5) is 5.69 Å². The number of hydrogen-bond acceptors (Lipinski definition) is 8. The molecule has 0 saturated carbocycles. The number of carbonyl (C=O) groups is 2. The molecule has 1 amide bonds. The highest BCUT2D eigenvalue weighted by atomic mass is 32.2. The van der Waals surface area contributed by atoms with Crippen molar-refractivity contribution in [2.24, 2.45) is 5.41 Å². The molecule has 1 atom stereocenters. The number of carbonyl (C=O) groups excluding carboxylic acids is 2. The lowest BCUT2D eigenvalue weighted by atomic mass is 9.60. The number of allylic oxidation sites excluding steroid dienone is 1. The predicted molar refractivity (Wildman–Crippen MR) is 149 cm³/mol. The highest BCUT2D eigenvalue weighted by Crippen LogP contribution is 2.65. The maximum Gasteiger partial charge on any atom is 0.334 e. The first-order valence-corrected chi connectivity index (χ1v) is 14.2. The van der Waals surface area contributed by atoms with E-state index < -0.39 is 39.2 Å². The standard InChI is InChI=1S/C31H25N3O6S/c1-4-40-28(35)24-17-31(30(18-32,19-33)27(24)21-11-13-22(39-3)14-12-21)25-7-5-6-8-26(25)34(29(31)36)41(37,38)23-15-9-20(2)10-16-23/h5-16H,4,17H2,1-3H3. The number of aryl methyl sites for hydroxylation is 1. The third-order valence-electron chi connectivity index (χ3n) is 7.69. The molecule has 0 saturated heterocycles. The van der Waals surface area contributed by atoms with Gasteiger partial charge in [0.05, 0.1) is 36.4 Å². The molecule has 1 aliphatic carbocycles. The average molecular weight is 568 g/mol. The van der Waals surface area contributed by atoms with Crippen molar-refractivity contribution in [2.75, 3.05) is 18.0 Å². The summed E-state index contributed by atoms with van der Waals surface area (Å²) in [6, 6.07) is 22.7. The Bertz CT molecular complexity index is 1780. The van der Waals surface area contributed by atoms with Crippen molar-refractivity contribution in [1.82, 2.24) is 0 Å². The fourth-order valence-electron chi connectivity index (χ4n) is 5.79. The number of nitriles is 2. The molecule has 0 aromatic heterocycles. The van der Waals surface area contributed by atoms with Crippen molar-refractivity contribution >= 4 is 33.2 Å². The van der Waals surface area contributed by atoms with Gasteiger partial charge in [0.2, 0.25) is 0 Å². The fraction of sp³-hybridized carbons (Fsp3) is 0.226. The number of anilines is 1. The van der Waals surface area contributed by atoms with Gasteiger partial charge < -0.3 is 9.47 Å². The first-order chi connectivity index (χ1) is 19.6. The van der Waals surface area contributed by atoms with Crippen LogP contribution in [-0.4, -0.2) is 34.0 Å². The quantitative estimate of drug-likeness (QED) is 0.399. The summed E-state index contributed by atoms with van der Waals surface area (Å²) in [5.74, 6) is -1.29. The van der Waals surface area contributed by atoms with E-state index in [1.165, 1.54) is 31.4 Å². The highest BCUT2D eigenvalue weighted by Gasteiger charge is 2.72. The Morgan fingerprint density at radius 3 is 2.22 bits per heavy atom. The van der Waals surface area contributed by atoms with Gasteiger partial charge in [-0.05, 0) is 55.3 Å². The molecule has 206 valence electrons. The third-order valence-corrected chi connectivity index (χ3v) is 9.40. The maximum atomic E-state index is 14.7. The Hall–Kier alpha value is -4.93. The van der Waals surface area contributed by atoms with Crippen LogP contribution in [0.1, 0.15) is 30.0 Å². The molecule has 1 unspecified atom stereocenters. The molecular formula is C31H25N3O6S. The van der Waals surface area contributed by atoms with E-state index in [2.05, 4.69) is 12.1 Å². The summed E-state index contributed by atoms with van der Waals surface area (Å²) in [6.45, 7) is 3.43.